The van der Waals surface area contributed by atoms with Gasteiger partial charge in [0.15, 0.2) is 0 Å². The van der Waals surface area contributed by atoms with Crippen LogP contribution >= 0.6 is 23.2 Å². The Labute approximate surface area is 87.7 Å². The molecular formula is C10H11Cl2F. The number of benzene rings is 1. The summed E-state index contributed by atoms with van der Waals surface area (Å²) in [5.74, 6) is -0.415. The maximum atomic E-state index is 13.5. The lowest BCUT2D eigenvalue weighted by atomic mass is 9.87. The van der Waals surface area contributed by atoms with Crippen molar-refractivity contribution in [3.8, 4) is 0 Å². The minimum Gasteiger partial charge on any atom is -0.205 e. The minimum absolute atomic E-state index is 0.00842. The van der Waals surface area contributed by atoms with Crippen LogP contribution in [0, 0.1) is 5.82 Å². The molecule has 0 aliphatic rings. The van der Waals surface area contributed by atoms with Crippen LogP contribution in [-0.4, -0.2) is 0 Å². The van der Waals surface area contributed by atoms with Crippen molar-refractivity contribution in [1.82, 2.24) is 0 Å². The van der Waals surface area contributed by atoms with Crippen molar-refractivity contribution in [2.45, 2.75) is 26.2 Å². The Morgan fingerprint density at radius 1 is 1.15 bits per heavy atom. The van der Waals surface area contributed by atoms with Gasteiger partial charge in [0.25, 0.3) is 0 Å². The molecule has 0 aliphatic carbocycles. The van der Waals surface area contributed by atoms with E-state index in [-0.39, 0.29) is 15.5 Å². The third-order valence-electron chi connectivity index (χ3n) is 1.84. The zero-order valence-electron chi connectivity index (χ0n) is 7.79. The van der Waals surface area contributed by atoms with Crippen molar-refractivity contribution < 1.29 is 4.39 Å². The fraction of sp³-hybridized carbons (Fsp3) is 0.400. The van der Waals surface area contributed by atoms with Gasteiger partial charge in [0.2, 0.25) is 0 Å². The van der Waals surface area contributed by atoms with Crippen LogP contribution in [0.25, 0.3) is 0 Å². The van der Waals surface area contributed by atoms with Gasteiger partial charge < -0.3 is 0 Å². The lowest BCUT2D eigenvalue weighted by Gasteiger charge is -2.20. The van der Waals surface area contributed by atoms with E-state index in [2.05, 4.69) is 0 Å². The standard InChI is InChI=1S/C10H11Cl2F/c1-10(2,3)6-4-5-7(11)8(12)9(6)13/h4-5H,1-3H3. The predicted molar refractivity (Wildman–Crippen MR) is 55.1 cm³/mol. The molecule has 1 rings (SSSR count). The molecule has 13 heavy (non-hydrogen) atoms. The van der Waals surface area contributed by atoms with Crippen LogP contribution in [0.15, 0.2) is 12.1 Å². The van der Waals surface area contributed by atoms with Crippen LogP contribution in [0.5, 0.6) is 0 Å². The van der Waals surface area contributed by atoms with Crippen molar-refractivity contribution in [2.75, 3.05) is 0 Å². The molecule has 0 aromatic heterocycles. The molecule has 1 aromatic carbocycles. The van der Waals surface area contributed by atoms with Crippen LogP contribution in [0.1, 0.15) is 26.3 Å². The third-order valence-corrected chi connectivity index (χ3v) is 2.62. The fourth-order valence-corrected chi connectivity index (χ4v) is 1.42. The first kappa shape index (κ1) is 10.8. The molecule has 0 heterocycles. The smallest absolute Gasteiger partial charge is 0.147 e. The summed E-state index contributed by atoms with van der Waals surface area (Å²) in [6.45, 7) is 5.78. The van der Waals surface area contributed by atoms with Gasteiger partial charge in [-0.05, 0) is 17.0 Å². The molecule has 0 spiro atoms. The number of hydrogen-bond acceptors (Lipinski definition) is 0. The molecule has 0 fully saturated rings. The summed E-state index contributed by atoms with van der Waals surface area (Å²) in [6, 6.07) is 3.29. The fourth-order valence-electron chi connectivity index (χ4n) is 1.11. The third kappa shape index (κ3) is 2.15. The molecule has 0 bridgehead atoms. The molecule has 0 saturated carbocycles. The highest BCUT2D eigenvalue weighted by Crippen LogP contribution is 2.33. The van der Waals surface area contributed by atoms with Crippen LogP contribution in [-0.2, 0) is 5.41 Å². The van der Waals surface area contributed by atoms with Gasteiger partial charge >= 0.3 is 0 Å². The molecule has 0 saturated heterocycles. The van der Waals surface area contributed by atoms with Crippen LogP contribution in [0.3, 0.4) is 0 Å². The van der Waals surface area contributed by atoms with Gasteiger partial charge in [-0.25, -0.2) is 4.39 Å². The number of halogens is 3. The van der Waals surface area contributed by atoms with Crippen molar-refractivity contribution in [3.63, 3.8) is 0 Å². The second-order valence-corrected chi connectivity index (χ2v) is 4.76. The molecule has 0 amide bonds. The summed E-state index contributed by atoms with van der Waals surface area (Å²) in [7, 11) is 0. The summed E-state index contributed by atoms with van der Waals surface area (Å²) in [5.41, 5.74) is 0.333. The van der Waals surface area contributed by atoms with E-state index in [4.69, 9.17) is 23.2 Å². The molecule has 3 heteroatoms. The quantitative estimate of drug-likeness (QED) is 0.568. The SMILES string of the molecule is CC(C)(C)c1ccc(Cl)c(Cl)c1F. The van der Waals surface area contributed by atoms with Gasteiger partial charge in [-0.2, -0.15) is 0 Å². The van der Waals surface area contributed by atoms with Crippen molar-refractivity contribution >= 4 is 23.2 Å². The molecule has 0 radical (unpaired) electrons. The first-order chi connectivity index (χ1) is 5.84. The Morgan fingerprint density at radius 3 is 2.15 bits per heavy atom. The highest BCUT2D eigenvalue weighted by atomic mass is 35.5. The Hall–Kier alpha value is -0.270. The number of hydrogen-bond donors (Lipinski definition) is 0. The van der Waals surface area contributed by atoms with Gasteiger partial charge in [0.1, 0.15) is 5.82 Å². The Kier molecular flexibility index (Phi) is 2.88. The van der Waals surface area contributed by atoms with E-state index in [9.17, 15) is 4.39 Å². The van der Waals surface area contributed by atoms with Gasteiger partial charge in [-0.3, -0.25) is 0 Å². The average molecular weight is 221 g/mol. The van der Waals surface area contributed by atoms with Gasteiger partial charge in [0.05, 0.1) is 10.0 Å². The van der Waals surface area contributed by atoms with Crippen molar-refractivity contribution in [2.24, 2.45) is 0 Å². The van der Waals surface area contributed by atoms with Crippen molar-refractivity contribution in [1.29, 1.82) is 0 Å². The summed E-state index contributed by atoms with van der Waals surface area (Å²) >= 11 is 11.3. The van der Waals surface area contributed by atoms with E-state index in [1.807, 2.05) is 20.8 Å². The maximum Gasteiger partial charge on any atom is 0.147 e. The molecular weight excluding hydrogens is 210 g/mol. The predicted octanol–water partition coefficient (Wildman–Crippen LogP) is 4.43. The molecule has 0 atom stereocenters. The average Bonchev–Trinajstić information content (AvgIpc) is 1.98. The lowest BCUT2D eigenvalue weighted by molar-refractivity contribution is 0.523. The van der Waals surface area contributed by atoms with Crippen LogP contribution in [0.2, 0.25) is 10.0 Å². The Morgan fingerprint density at radius 2 is 1.69 bits per heavy atom. The van der Waals surface area contributed by atoms with E-state index >= 15 is 0 Å². The zero-order chi connectivity index (χ0) is 10.2. The molecule has 0 nitrogen and oxygen atoms in total. The molecule has 0 aliphatic heterocycles. The first-order valence-electron chi connectivity index (χ1n) is 3.98. The van der Waals surface area contributed by atoms with E-state index in [0.29, 0.717) is 5.56 Å². The second-order valence-electron chi connectivity index (χ2n) is 3.97. The Bertz CT molecular complexity index is 326. The second kappa shape index (κ2) is 3.47. The molecule has 1 aromatic rings. The minimum atomic E-state index is -0.415. The summed E-state index contributed by atoms with van der Waals surface area (Å²) in [5, 5.41) is 0.265. The van der Waals surface area contributed by atoms with E-state index in [1.165, 1.54) is 0 Å². The van der Waals surface area contributed by atoms with Crippen LogP contribution < -0.4 is 0 Å². The monoisotopic (exact) mass is 220 g/mol. The molecule has 72 valence electrons. The summed E-state index contributed by atoms with van der Waals surface area (Å²) in [4.78, 5) is 0. The summed E-state index contributed by atoms with van der Waals surface area (Å²) < 4.78 is 13.5. The van der Waals surface area contributed by atoms with Gasteiger partial charge in [0, 0.05) is 0 Å². The van der Waals surface area contributed by atoms with E-state index < -0.39 is 5.82 Å². The first-order valence-corrected chi connectivity index (χ1v) is 4.73. The number of rotatable bonds is 0. The Balaban J connectivity index is 3.35. The largest absolute Gasteiger partial charge is 0.205 e. The highest BCUT2D eigenvalue weighted by Gasteiger charge is 2.21. The van der Waals surface area contributed by atoms with Crippen LogP contribution in [0.4, 0.5) is 4.39 Å². The van der Waals surface area contributed by atoms with E-state index in [0.717, 1.165) is 0 Å². The summed E-state index contributed by atoms with van der Waals surface area (Å²) in [6.07, 6.45) is 0. The van der Waals surface area contributed by atoms with Gasteiger partial charge in [-0.15, -0.1) is 0 Å². The normalized spacial score (nSPS) is 11.8. The zero-order valence-corrected chi connectivity index (χ0v) is 9.30. The molecule has 0 N–H and O–H groups in total. The van der Waals surface area contributed by atoms with E-state index in [1.54, 1.807) is 12.1 Å². The van der Waals surface area contributed by atoms with Crippen molar-refractivity contribution in [3.05, 3.63) is 33.6 Å². The molecule has 0 unspecified atom stereocenters. The lowest BCUT2D eigenvalue weighted by Crippen LogP contribution is -2.13. The maximum absolute atomic E-state index is 13.5. The topological polar surface area (TPSA) is 0 Å². The van der Waals surface area contributed by atoms with Gasteiger partial charge in [-0.1, -0.05) is 50.0 Å². The highest BCUT2D eigenvalue weighted by molar-refractivity contribution is 6.42.